The number of hydrogen-bond donors (Lipinski definition) is 2. The van der Waals surface area contributed by atoms with E-state index < -0.39 is 0 Å². The first-order valence-corrected chi connectivity index (χ1v) is 9.78. The van der Waals surface area contributed by atoms with Crippen molar-refractivity contribution in [1.82, 2.24) is 25.0 Å². The standard InChI is InChI=1S/C20H30N6.HI/c1-21-20(23-15-18-16-24-11-13-25(18)14-12-24)22-8-4-9-26-10-7-17-5-2-3-6-19(17)26;/h2-3,5-7,10,18H,4,8-9,11-16H2,1H3,(H2,21,22,23);1H. The zero-order valence-corrected chi connectivity index (χ0v) is 18.4. The molecule has 1 aromatic carbocycles. The highest BCUT2D eigenvalue weighted by Gasteiger charge is 2.31. The predicted molar refractivity (Wildman–Crippen MR) is 123 cm³/mol. The number of guanidine groups is 1. The topological polar surface area (TPSA) is 47.8 Å². The molecule has 6 nitrogen and oxygen atoms in total. The van der Waals surface area contributed by atoms with Gasteiger partial charge in [-0.25, -0.2) is 0 Å². The Bertz CT molecular complexity index is 750. The van der Waals surface area contributed by atoms with Crippen molar-refractivity contribution in [3.63, 3.8) is 0 Å². The minimum Gasteiger partial charge on any atom is -0.356 e. The zero-order chi connectivity index (χ0) is 17.8. The Hall–Kier alpha value is -1.32. The van der Waals surface area contributed by atoms with Crippen LogP contribution in [0.25, 0.3) is 10.9 Å². The van der Waals surface area contributed by atoms with Gasteiger partial charge in [-0.15, -0.1) is 24.0 Å². The van der Waals surface area contributed by atoms with Crippen LogP contribution in [0.3, 0.4) is 0 Å². The predicted octanol–water partition coefficient (Wildman–Crippen LogP) is 1.81. The second-order valence-electron chi connectivity index (χ2n) is 7.29. The summed E-state index contributed by atoms with van der Waals surface area (Å²) < 4.78 is 2.33. The van der Waals surface area contributed by atoms with E-state index in [1.165, 1.54) is 43.6 Å². The van der Waals surface area contributed by atoms with E-state index in [-0.39, 0.29) is 24.0 Å². The van der Waals surface area contributed by atoms with E-state index >= 15 is 0 Å². The number of aromatic nitrogens is 1. The lowest BCUT2D eigenvalue weighted by Gasteiger charge is -2.47. The molecule has 5 rings (SSSR count). The number of fused-ring (bicyclic) bond motifs is 4. The van der Waals surface area contributed by atoms with E-state index in [2.05, 4.69) is 66.5 Å². The highest BCUT2D eigenvalue weighted by molar-refractivity contribution is 14.0. The number of nitrogens with zero attached hydrogens (tertiary/aromatic N) is 4. The summed E-state index contributed by atoms with van der Waals surface area (Å²) in [4.78, 5) is 9.56. The molecule has 27 heavy (non-hydrogen) atoms. The van der Waals surface area contributed by atoms with Gasteiger partial charge in [-0.1, -0.05) is 18.2 Å². The molecular weight excluding hydrogens is 451 g/mol. The van der Waals surface area contributed by atoms with Crippen LogP contribution in [-0.2, 0) is 6.54 Å². The van der Waals surface area contributed by atoms with Crippen molar-refractivity contribution in [3.8, 4) is 0 Å². The highest BCUT2D eigenvalue weighted by atomic mass is 127. The van der Waals surface area contributed by atoms with Crippen molar-refractivity contribution in [1.29, 1.82) is 0 Å². The van der Waals surface area contributed by atoms with Crippen LogP contribution < -0.4 is 10.6 Å². The van der Waals surface area contributed by atoms with Crippen LogP contribution in [0.2, 0.25) is 0 Å². The highest BCUT2D eigenvalue weighted by Crippen LogP contribution is 2.15. The van der Waals surface area contributed by atoms with Crippen LogP contribution >= 0.6 is 24.0 Å². The van der Waals surface area contributed by atoms with Gasteiger partial charge in [0.1, 0.15) is 0 Å². The Morgan fingerprint density at radius 3 is 2.67 bits per heavy atom. The zero-order valence-electron chi connectivity index (χ0n) is 16.1. The number of rotatable bonds is 6. The van der Waals surface area contributed by atoms with E-state index in [9.17, 15) is 0 Å². The molecule has 1 aromatic heterocycles. The Morgan fingerprint density at radius 1 is 1.11 bits per heavy atom. The summed E-state index contributed by atoms with van der Waals surface area (Å²) in [5.74, 6) is 0.917. The van der Waals surface area contributed by atoms with Crippen molar-refractivity contribution < 1.29 is 0 Å². The summed E-state index contributed by atoms with van der Waals surface area (Å²) in [5.41, 5.74) is 1.31. The fraction of sp³-hybridized carbons (Fsp3) is 0.550. The Kier molecular flexibility index (Phi) is 7.37. The van der Waals surface area contributed by atoms with Gasteiger partial charge in [0.25, 0.3) is 0 Å². The van der Waals surface area contributed by atoms with Crippen molar-refractivity contribution in [2.24, 2.45) is 4.99 Å². The average Bonchev–Trinajstić information content (AvgIpc) is 3.11. The Morgan fingerprint density at radius 2 is 1.93 bits per heavy atom. The summed E-state index contributed by atoms with van der Waals surface area (Å²) in [5, 5.41) is 8.28. The number of aryl methyl sites for hydroxylation is 1. The van der Waals surface area contributed by atoms with Gasteiger partial charge in [0.05, 0.1) is 0 Å². The quantitative estimate of drug-likeness (QED) is 0.286. The molecule has 4 heterocycles. The second kappa shape index (κ2) is 9.75. The van der Waals surface area contributed by atoms with Gasteiger partial charge in [0.15, 0.2) is 5.96 Å². The van der Waals surface area contributed by atoms with Crippen molar-refractivity contribution in [2.75, 3.05) is 52.9 Å². The molecule has 1 unspecified atom stereocenters. The SMILES string of the molecule is CN=C(NCCCn1ccc2ccccc21)NCC1CN2CCN1CC2.I. The van der Waals surface area contributed by atoms with Gasteiger partial charge < -0.3 is 15.2 Å². The van der Waals surface area contributed by atoms with Crippen LogP contribution in [-0.4, -0.2) is 79.2 Å². The van der Waals surface area contributed by atoms with Crippen LogP contribution in [0.5, 0.6) is 0 Å². The Labute approximate surface area is 179 Å². The lowest BCUT2D eigenvalue weighted by molar-refractivity contribution is 0.0154. The molecule has 3 saturated heterocycles. The van der Waals surface area contributed by atoms with Gasteiger partial charge in [-0.2, -0.15) is 0 Å². The number of benzene rings is 1. The molecular formula is C20H31IN6. The summed E-state index contributed by atoms with van der Waals surface area (Å²) in [6.45, 7) is 8.99. The van der Waals surface area contributed by atoms with Crippen LogP contribution in [0, 0.1) is 0 Å². The first kappa shape index (κ1) is 20.4. The lowest BCUT2D eigenvalue weighted by atomic mass is 10.1. The Balaban J connectivity index is 0.00000210. The molecule has 0 radical (unpaired) electrons. The largest absolute Gasteiger partial charge is 0.356 e. The molecule has 0 aliphatic carbocycles. The third-order valence-corrected chi connectivity index (χ3v) is 5.67. The van der Waals surface area contributed by atoms with Crippen molar-refractivity contribution in [2.45, 2.75) is 19.0 Å². The third-order valence-electron chi connectivity index (χ3n) is 5.67. The molecule has 2 bridgehead atoms. The molecule has 7 heteroatoms. The normalized spacial score (nSPS) is 24.6. The number of aliphatic imine (C=N–C) groups is 1. The molecule has 3 fully saturated rings. The maximum Gasteiger partial charge on any atom is 0.191 e. The van der Waals surface area contributed by atoms with Gasteiger partial charge in [-0.3, -0.25) is 14.8 Å². The van der Waals surface area contributed by atoms with Gasteiger partial charge in [0, 0.05) is 77.2 Å². The second-order valence-corrected chi connectivity index (χ2v) is 7.29. The molecule has 0 amide bonds. The summed E-state index contributed by atoms with van der Waals surface area (Å²) >= 11 is 0. The molecule has 0 saturated carbocycles. The fourth-order valence-electron chi connectivity index (χ4n) is 4.15. The summed E-state index contributed by atoms with van der Waals surface area (Å²) in [6.07, 6.45) is 3.25. The molecule has 2 aromatic rings. The number of halogens is 1. The van der Waals surface area contributed by atoms with Gasteiger partial charge >= 0.3 is 0 Å². The monoisotopic (exact) mass is 482 g/mol. The van der Waals surface area contributed by atoms with Crippen LogP contribution in [0.1, 0.15) is 6.42 Å². The van der Waals surface area contributed by atoms with Crippen LogP contribution in [0.4, 0.5) is 0 Å². The number of hydrogen-bond acceptors (Lipinski definition) is 3. The first-order chi connectivity index (χ1) is 12.8. The number of nitrogens with one attached hydrogen (secondary N) is 2. The maximum atomic E-state index is 4.37. The van der Waals surface area contributed by atoms with E-state index in [4.69, 9.17) is 0 Å². The summed E-state index contributed by atoms with van der Waals surface area (Å²) in [7, 11) is 1.85. The van der Waals surface area contributed by atoms with Crippen molar-refractivity contribution in [3.05, 3.63) is 36.5 Å². The molecule has 0 spiro atoms. The molecule has 3 aliphatic rings. The van der Waals surface area contributed by atoms with E-state index in [0.717, 1.165) is 32.0 Å². The molecule has 148 valence electrons. The van der Waals surface area contributed by atoms with E-state index in [1.54, 1.807) is 0 Å². The van der Waals surface area contributed by atoms with E-state index in [1.807, 2.05) is 7.05 Å². The third kappa shape index (κ3) is 4.94. The summed E-state index contributed by atoms with van der Waals surface area (Å²) in [6, 6.07) is 11.4. The smallest absolute Gasteiger partial charge is 0.191 e. The maximum absolute atomic E-state index is 4.37. The fourth-order valence-corrected chi connectivity index (χ4v) is 4.15. The minimum atomic E-state index is 0. The minimum absolute atomic E-state index is 0. The molecule has 2 N–H and O–H groups in total. The lowest BCUT2D eigenvalue weighted by Crippen LogP contribution is -2.63. The van der Waals surface area contributed by atoms with Gasteiger partial charge in [0.2, 0.25) is 0 Å². The first-order valence-electron chi connectivity index (χ1n) is 9.78. The van der Waals surface area contributed by atoms with E-state index in [0.29, 0.717) is 6.04 Å². The number of piperazine rings is 3. The van der Waals surface area contributed by atoms with Crippen LogP contribution in [0.15, 0.2) is 41.5 Å². The average molecular weight is 482 g/mol. The molecule has 3 aliphatic heterocycles. The van der Waals surface area contributed by atoms with Gasteiger partial charge in [-0.05, 0) is 23.9 Å². The van der Waals surface area contributed by atoms with Crippen molar-refractivity contribution >= 4 is 40.8 Å². The molecule has 1 atom stereocenters. The number of para-hydroxylation sites is 1.